The van der Waals surface area contributed by atoms with Crippen molar-refractivity contribution in [3.8, 4) is 11.3 Å². The number of nitrogens with zero attached hydrogens (tertiary/aromatic N) is 3. The maximum Gasteiger partial charge on any atom is 0.253 e. The summed E-state index contributed by atoms with van der Waals surface area (Å²) in [6.07, 6.45) is 3.03. The molecule has 9 heteroatoms. The van der Waals surface area contributed by atoms with Crippen LogP contribution >= 0.6 is 0 Å². The predicted octanol–water partition coefficient (Wildman–Crippen LogP) is 1.73. The molecule has 0 aliphatic carbocycles. The molecule has 1 unspecified atom stereocenters. The first-order valence-electron chi connectivity index (χ1n) is 8.63. The normalized spacial score (nSPS) is 15.9. The van der Waals surface area contributed by atoms with Crippen molar-refractivity contribution >= 4 is 33.6 Å². The fourth-order valence-corrected chi connectivity index (χ4v) is 3.91. The van der Waals surface area contributed by atoms with E-state index in [1.54, 1.807) is 34.8 Å². The van der Waals surface area contributed by atoms with Gasteiger partial charge in [0, 0.05) is 36.5 Å². The molecule has 1 atom stereocenters. The Kier molecular flexibility index (Phi) is 4.78. The minimum absolute atomic E-state index is 0.0662. The smallest absolute Gasteiger partial charge is 0.253 e. The highest BCUT2D eigenvalue weighted by Crippen LogP contribution is 2.26. The average Bonchev–Trinajstić information content (AvgIpc) is 2.64. The van der Waals surface area contributed by atoms with Gasteiger partial charge in [0.25, 0.3) is 5.91 Å². The van der Waals surface area contributed by atoms with E-state index in [4.69, 9.17) is 5.73 Å². The summed E-state index contributed by atoms with van der Waals surface area (Å²) in [5, 5.41) is 3.48. The van der Waals surface area contributed by atoms with Gasteiger partial charge in [0.2, 0.25) is 0 Å². The van der Waals surface area contributed by atoms with Gasteiger partial charge < -0.3 is 11.1 Å². The Morgan fingerprint density at radius 1 is 1.32 bits per heavy atom. The van der Waals surface area contributed by atoms with E-state index < -0.39 is 11.0 Å². The number of nitrogens with two attached hydrogens (primary N) is 1. The molecule has 28 heavy (non-hydrogen) atoms. The van der Waals surface area contributed by atoms with Gasteiger partial charge >= 0.3 is 0 Å². The molecule has 2 aromatic heterocycles. The number of benzene rings is 1. The van der Waals surface area contributed by atoms with Crippen molar-refractivity contribution < 1.29 is 13.4 Å². The Bertz CT molecular complexity index is 1100. The highest BCUT2D eigenvalue weighted by molar-refractivity contribution is 7.81. The lowest BCUT2D eigenvalue weighted by atomic mass is 10.1. The van der Waals surface area contributed by atoms with E-state index >= 15 is 0 Å². The van der Waals surface area contributed by atoms with Crippen LogP contribution in [0.25, 0.3) is 22.2 Å². The van der Waals surface area contributed by atoms with Crippen LogP contribution in [0.1, 0.15) is 10.4 Å². The molecule has 3 aromatic rings. The van der Waals surface area contributed by atoms with Gasteiger partial charge in [-0.15, -0.1) is 0 Å². The second-order valence-corrected chi connectivity index (χ2v) is 7.97. The zero-order chi connectivity index (χ0) is 19.8. The number of carbonyl (C=O) groups is 1. The summed E-state index contributed by atoms with van der Waals surface area (Å²) in [7, 11) is -1.04. The van der Waals surface area contributed by atoms with E-state index in [0.717, 1.165) is 0 Å². The standard InChI is InChI=1S/C19H18FN5O2S/c1-28(27)25-9-13(10-25)23-19(26)15-8-22-18(21)17-14(15)5-6-16(24-17)11-3-2-4-12(20)7-11/h2-8,13H,9-10H2,1H3,(H2,21,22)(H,23,26). The predicted molar refractivity (Wildman–Crippen MR) is 106 cm³/mol. The van der Waals surface area contributed by atoms with Gasteiger partial charge in [-0.3, -0.25) is 4.79 Å². The van der Waals surface area contributed by atoms with Crippen LogP contribution in [-0.4, -0.2) is 49.8 Å². The highest BCUT2D eigenvalue weighted by atomic mass is 32.2. The number of hydrogen-bond donors (Lipinski definition) is 2. The molecule has 0 bridgehead atoms. The van der Waals surface area contributed by atoms with E-state index in [0.29, 0.717) is 40.8 Å². The number of fused-ring (bicyclic) bond motifs is 1. The Hall–Kier alpha value is -2.91. The van der Waals surface area contributed by atoms with Crippen molar-refractivity contribution in [1.29, 1.82) is 0 Å². The number of hydrogen-bond acceptors (Lipinski definition) is 5. The van der Waals surface area contributed by atoms with Crippen LogP contribution in [0.2, 0.25) is 0 Å². The SMILES string of the molecule is CS(=O)N1CC(NC(=O)c2cnc(N)c3nc(-c4cccc(F)c4)ccc23)C1. The summed E-state index contributed by atoms with van der Waals surface area (Å²) in [4.78, 5) is 21.3. The largest absolute Gasteiger partial charge is 0.382 e. The summed E-state index contributed by atoms with van der Waals surface area (Å²) in [5.74, 6) is -0.452. The van der Waals surface area contributed by atoms with Crippen molar-refractivity contribution in [3.05, 3.63) is 54.0 Å². The molecule has 1 fully saturated rings. The molecule has 1 amide bonds. The van der Waals surface area contributed by atoms with Gasteiger partial charge in [-0.25, -0.2) is 22.9 Å². The van der Waals surface area contributed by atoms with Crippen LogP contribution in [0.3, 0.4) is 0 Å². The number of halogens is 1. The second kappa shape index (κ2) is 7.25. The molecular formula is C19H18FN5O2S. The third-order valence-corrected chi connectivity index (χ3v) is 5.70. The molecule has 7 nitrogen and oxygen atoms in total. The number of amides is 1. The molecule has 3 N–H and O–H groups in total. The third-order valence-electron chi connectivity index (χ3n) is 4.67. The van der Waals surface area contributed by atoms with Crippen molar-refractivity contribution in [3.63, 3.8) is 0 Å². The number of nitrogens with one attached hydrogen (secondary N) is 1. The fourth-order valence-electron chi connectivity index (χ4n) is 3.13. The van der Waals surface area contributed by atoms with E-state index in [-0.39, 0.29) is 23.6 Å². The summed E-state index contributed by atoms with van der Waals surface area (Å²) in [6, 6.07) is 9.49. The van der Waals surface area contributed by atoms with Crippen LogP contribution in [-0.2, 0) is 11.0 Å². The van der Waals surface area contributed by atoms with Crippen molar-refractivity contribution in [2.75, 3.05) is 25.1 Å². The van der Waals surface area contributed by atoms with Gasteiger partial charge in [0.1, 0.15) is 17.2 Å². The van der Waals surface area contributed by atoms with Gasteiger partial charge in [-0.05, 0) is 24.3 Å². The molecule has 1 aliphatic heterocycles. The minimum Gasteiger partial charge on any atom is -0.382 e. The first-order valence-corrected chi connectivity index (χ1v) is 10.1. The van der Waals surface area contributed by atoms with Gasteiger partial charge in [0.15, 0.2) is 0 Å². The van der Waals surface area contributed by atoms with E-state index in [2.05, 4.69) is 15.3 Å². The topological polar surface area (TPSA) is 101 Å². The Morgan fingerprint density at radius 3 is 2.82 bits per heavy atom. The Morgan fingerprint density at radius 2 is 2.11 bits per heavy atom. The summed E-state index contributed by atoms with van der Waals surface area (Å²) in [6.45, 7) is 1.08. The lowest BCUT2D eigenvalue weighted by molar-refractivity contribution is 0.0900. The van der Waals surface area contributed by atoms with Crippen LogP contribution < -0.4 is 11.1 Å². The second-order valence-electron chi connectivity index (χ2n) is 6.60. The zero-order valence-electron chi connectivity index (χ0n) is 15.1. The van der Waals surface area contributed by atoms with Crippen LogP contribution in [0.4, 0.5) is 10.2 Å². The van der Waals surface area contributed by atoms with Crippen LogP contribution in [0.15, 0.2) is 42.6 Å². The summed E-state index contributed by atoms with van der Waals surface area (Å²) >= 11 is 0. The molecule has 1 aromatic carbocycles. The van der Waals surface area contributed by atoms with Crippen molar-refractivity contribution in [2.45, 2.75) is 6.04 Å². The maximum atomic E-state index is 13.5. The van der Waals surface area contributed by atoms with E-state index in [9.17, 15) is 13.4 Å². The quantitative estimate of drug-likeness (QED) is 0.696. The lowest BCUT2D eigenvalue weighted by Crippen LogP contribution is -2.59. The van der Waals surface area contributed by atoms with Crippen molar-refractivity contribution in [2.24, 2.45) is 0 Å². The first kappa shape index (κ1) is 18.5. The Balaban J connectivity index is 1.64. The van der Waals surface area contributed by atoms with Crippen LogP contribution in [0.5, 0.6) is 0 Å². The number of rotatable bonds is 4. The number of anilines is 1. The molecule has 4 rings (SSSR count). The van der Waals surface area contributed by atoms with E-state index in [1.165, 1.54) is 18.3 Å². The molecule has 0 saturated carbocycles. The van der Waals surface area contributed by atoms with E-state index in [1.807, 2.05) is 0 Å². The van der Waals surface area contributed by atoms with Crippen molar-refractivity contribution in [1.82, 2.24) is 19.6 Å². The zero-order valence-corrected chi connectivity index (χ0v) is 15.9. The molecule has 1 aliphatic rings. The molecule has 1 saturated heterocycles. The minimum atomic E-state index is -1.04. The molecule has 3 heterocycles. The monoisotopic (exact) mass is 399 g/mol. The van der Waals surface area contributed by atoms with Gasteiger partial charge in [-0.2, -0.15) is 0 Å². The average molecular weight is 399 g/mol. The maximum absolute atomic E-state index is 13.5. The van der Waals surface area contributed by atoms with Gasteiger partial charge in [-0.1, -0.05) is 12.1 Å². The molecule has 0 spiro atoms. The number of carbonyl (C=O) groups excluding carboxylic acids is 1. The highest BCUT2D eigenvalue weighted by Gasteiger charge is 2.31. The first-order chi connectivity index (χ1) is 13.4. The third kappa shape index (κ3) is 3.46. The molecule has 0 radical (unpaired) electrons. The van der Waals surface area contributed by atoms with Gasteiger partial charge in [0.05, 0.1) is 28.3 Å². The number of pyridine rings is 2. The Labute approximate surface area is 163 Å². The molecule has 144 valence electrons. The number of aromatic nitrogens is 2. The molecular weight excluding hydrogens is 381 g/mol. The lowest BCUT2D eigenvalue weighted by Gasteiger charge is -2.37. The summed E-state index contributed by atoms with van der Waals surface area (Å²) in [5.41, 5.74) is 7.87. The fraction of sp³-hybridized carbons (Fsp3) is 0.211. The summed E-state index contributed by atoms with van der Waals surface area (Å²) < 4.78 is 26.7. The van der Waals surface area contributed by atoms with Crippen LogP contribution in [0, 0.1) is 5.82 Å². The number of nitrogen functional groups attached to an aromatic ring is 1.